The second-order valence-corrected chi connectivity index (χ2v) is 4.56. The fourth-order valence-corrected chi connectivity index (χ4v) is 1.96. The molecule has 0 aliphatic carbocycles. The topological polar surface area (TPSA) is 161 Å². The van der Waals surface area contributed by atoms with Crippen molar-refractivity contribution >= 4 is 11.4 Å². The number of hydrogen-bond acceptors (Lipinski definition) is 9. The van der Waals surface area contributed by atoms with Crippen LogP contribution in [0.3, 0.4) is 0 Å². The average molecular weight is 345 g/mol. The third-order valence-corrected chi connectivity index (χ3v) is 3.02. The highest BCUT2D eigenvalue weighted by Crippen LogP contribution is 2.36. The van der Waals surface area contributed by atoms with Crippen LogP contribution in [0.25, 0.3) is 5.69 Å². The van der Waals surface area contributed by atoms with Crippen molar-refractivity contribution in [2.75, 3.05) is 0 Å². The summed E-state index contributed by atoms with van der Waals surface area (Å²) in [5, 5.41) is 39.9. The third-order valence-electron chi connectivity index (χ3n) is 3.02. The van der Waals surface area contributed by atoms with Gasteiger partial charge in [0.15, 0.2) is 0 Å². The molecule has 0 radical (unpaired) electrons. The molecule has 0 unspecified atom stereocenters. The Kier molecular flexibility index (Phi) is 3.91. The van der Waals surface area contributed by atoms with Crippen LogP contribution in [-0.2, 0) is 0 Å². The monoisotopic (exact) mass is 345 g/mol. The van der Waals surface area contributed by atoms with Crippen molar-refractivity contribution in [2.45, 2.75) is 0 Å². The molecule has 0 bridgehead atoms. The fraction of sp³-hybridized carbons (Fsp3) is 0. The van der Waals surface area contributed by atoms with E-state index >= 15 is 0 Å². The van der Waals surface area contributed by atoms with Crippen LogP contribution >= 0.6 is 0 Å². The zero-order valence-electron chi connectivity index (χ0n) is 12.1. The van der Waals surface area contributed by atoms with Gasteiger partial charge in [0, 0.05) is 12.1 Å². The quantitative estimate of drug-likeness (QED) is 0.373. The molecule has 2 aromatic carbocycles. The lowest BCUT2D eigenvalue weighted by Gasteiger charge is -2.06. The van der Waals surface area contributed by atoms with Crippen LogP contribution in [0, 0.1) is 20.2 Å². The Morgan fingerprint density at radius 3 is 2.32 bits per heavy atom. The summed E-state index contributed by atoms with van der Waals surface area (Å²) >= 11 is 0. The number of hydrogen-bond donors (Lipinski definition) is 0. The first-order valence-corrected chi connectivity index (χ1v) is 6.59. The number of nitro benzene ring substituents is 2. The number of benzene rings is 2. The Morgan fingerprint density at radius 2 is 1.68 bits per heavy atom. The Bertz CT molecular complexity index is 971. The molecule has 0 aliphatic rings. The SMILES string of the molecule is O=[N+]([O-])c1ccccc1Oc1ccc(-[n+]2noc([O-])n2)cc1[N+](=O)[O-]. The van der Waals surface area contributed by atoms with E-state index in [9.17, 15) is 25.3 Å². The molecule has 3 rings (SSSR count). The van der Waals surface area contributed by atoms with Crippen LogP contribution in [0.5, 0.6) is 17.6 Å². The summed E-state index contributed by atoms with van der Waals surface area (Å²) in [5.74, 6) is -0.382. The van der Waals surface area contributed by atoms with Crippen LogP contribution < -0.4 is 14.6 Å². The van der Waals surface area contributed by atoms with Gasteiger partial charge >= 0.3 is 11.4 Å². The van der Waals surface area contributed by atoms with Crippen molar-refractivity contribution in [3.63, 3.8) is 0 Å². The van der Waals surface area contributed by atoms with Crippen LogP contribution in [0.15, 0.2) is 47.0 Å². The second kappa shape index (κ2) is 6.19. The molecule has 0 fully saturated rings. The van der Waals surface area contributed by atoms with Gasteiger partial charge in [-0.1, -0.05) is 12.1 Å². The lowest BCUT2D eigenvalue weighted by atomic mass is 10.2. The molecule has 0 saturated carbocycles. The normalized spacial score (nSPS) is 10.4. The van der Waals surface area contributed by atoms with Crippen molar-refractivity contribution in [3.8, 4) is 23.3 Å². The zero-order chi connectivity index (χ0) is 18.0. The minimum absolute atomic E-state index is 0.0764. The second-order valence-electron chi connectivity index (χ2n) is 4.56. The Balaban J connectivity index is 2.02. The predicted molar refractivity (Wildman–Crippen MR) is 75.1 cm³/mol. The minimum atomic E-state index is -0.970. The average Bonchev–Trinajstić information content (AvgIpc) is 3.02. The van der Waals surface area contributed by atoms with E-state index in [1.165, 1.54) is 36.4 Å². The van der Waals surface area contributed by atoms with Gasteiger partial charge in [-0.2, -0.15) is 0 Å². The number of ether oxygens (including phenoxy) is 1. The number of nitrogens with zero attached hydrogens (tertiary/aromatic N) is 5. The summed E-state index contributed by atoms with van der Waals surface area (Å²) < 4.78 is 9.60. The Hall–Kier alpha value is -4.09. The molecular weight excluding hydrogens is 338 g/mol. The van der Waals surface area contributed by atoms with Gasteiger partial charge < -0.3 is 14.4 Å². The summed E-state index contributed by atoms with van der Waals surface area (Å²) in [6, 6.07) is 9.03. The number of para-hydroxylation sites is 2. The lowest BCUT2D eigenvalue weighted by molar-refractivity contribution is -0.726. The van der Waals surface area contributed by atoms with Gasteiger partial charge in [0.05, 0.1) is 25.8 Å². The number of rotatable bonds is 5. The van der Waals surface area contributed by atoms with Crippen molar-refractivity contribution < 1.29 is 29.0 Å². The van der Waals surface area contributed by atoms with E-state index < -0.39 is 21.6 Å². The van der Waals surface area contributed by atoms with Gasteiger partial charge in [0.1, 0.15) is 5.27 Å². The summed E-state index contributed by atoms with van der Waals surface area (Å²) in [7, 11) is 0. The molecule has 3 aromatic rings. The molecule has 12 heteroatoms. The van der Waals surface area contributed by atoms with E-state index in [0.29, 0.717) is 0 Å². The maximum absolute atomic E-state index is 11.3. The molecule has 0 atom stereocenters. The van der Waals surface area contributed by atoms with Crippen LogP contribution in [-0.4, -0.2) is 20.2 Å². The van der Waals surface area contributed by atoms with E-state index in [2.05, 4.69) is 14.9 Å². The van der Waals surface area contributed by atoms with E-state index in [1.807, 2.05) is 0 Å². The van der Waals surface area contributed by atoms with Gasteiger partial charge in [0.25, 0.3) is 5.69 Å². The van der Waals surface area contributed by atoms with Crippen molar-refractivity contribution in [1.82, 2.24) is 10.4 Å². The molecule has 0 aliphatic heterocycles. The van der Waals surface area contributed by atoms with Crippen LogP contribution in [0.1, 0.15) is 0 Å². The first-order chi connectivity index (χ1) is 12.0. The Labute approximate surface area is 137 Å². The molecule has 0 saturated heterocycles. The third kappa shape index (κ3) is 3.17. The van der Waals surface area contributed by atoms with E-state index in [1.54, 1.807) is 0 Å². The highest BCUT2D eigenvalue weighted by Gasteiger charge is 2.25. The molecule has 12 nitrogen and oxygen atoms in total. The maximum Gasteiger partial charge on any atom is 0.318 e. The summed E-state index contributed by atoms with van der Waals surface area (Å²) in [4.78, 5) is 21.6. The highest BCUT2D eigenvalue weighted by molar-refractivity contribution is 5.55. The molecule has 0 N–H and O–H groups in total. The lowest BCUT2D eigenvalue weighted by Crippen LogP contribution is -2.35. The van der Waals surface area contributed by atoms with Gasteiger partial charge in [0.2, 0.25) is 17.6 Å². The van der Waals surface area contributed by atoms with E-state index in [4.69, 9.17) is 4.74 Å². The van der Waals surface area contributed by atoms with Gasteiger partial charge in [-0.25, -0.2) is 0 Å². The molecule has 25 heavy (non-hydrogen) atoms. The van der Waals surface area contributed by atoms with Crippen molar-refractivity contribution in [3.05, 3.63) is 62.7 Å². The maximum atomic E-state index is 11.3. The zero-order valence-corrected chi connectivity index (χ0v) is 12.1. The number of nitro groups is 2. The smallest absolute Gasteiger partial charge is 0.318 e. The predicted octanol–water partition coefficient (Wildman–Crippen LogP) is 1.03. The number of aromatic nitrogens is 3. The molecule has 1 aromatic heterocycles. The van der Waals surface area contributed by atoms with Gasteiger partial charge in [-0.15, -0.1) is 0 Å². The van der Waals surface area contributed by atoms with Gasteiger partial charge in [-0.3, -0.25) is 20.2 Å². The standard InChI is InChI=1S/C13H7N5O7/c19-13-14-16(15-25-13)8-5-6-12(10(7-8)18(22)23)24-11-4-2-1-3-9(11)17(20)21/h1-7H. The molecular formula is C13H7N5O7. The van der Waals surface area contributed by atoms with Crippen molar-refractivity contribution in [2.24, 2.45) is 0 Å². The summed E-state index contributed by atoms with van der Waals surface area (Å²) in [6.45, 7) is 0. The largest absolute Gasteiger partial charge is 0.523 e. The van der Waals surface area contributed by atoms with Crippen LogP contribution in [0.2, 0.25) is 0 Å². The first kappa shape index (κ1) is 15.8. The highest BCUT2D eigenvalue weighted by atomic mass is 16.6. The van der Waals surface area contributed by atoms with E-state index in [-0.39, 0.29) is 22.9 Å². The molecule has 126 valence electrons. The first-order valence-electron chi connectivity index (χ1n) is 6.59. The molecule has 0 spiro atoms. The van der Waals surface area contributed by atoms with E-state index in [0.717, 1.165) is 10.9 Å². The van der Waals surface area contributed by atoms with Crippen molar-refractivity contribution in [1.29, 1.82) is 0 Å². The summed E-state index contributed by atoms with van der Waals surface area (Å²) in [5.41, 5.74) is -0.766. The van der Waals surface area contributed by atoms with Gasteiger partial charge in [-0.05, 0) is 12.1 Å². The minimum Gasteiger partial charge on any atom is -0.523 e. The molecule has 0 amide bonds. The summed E-state index contributed by atoms with van der Waals surface area (Å²) in [6.07, 6.45) is -0.970. The van der Waals surface area contributed by atoms with Crippen LogP contribution in [0.4, 0.5) is 11.4 Å². The fourth-order valence-electron chi connectivity index (χ4n) is 1.96. The molecule has 1 heterocycles. The Morgan fingerprint density at radius 1 is 1.00 bits per heavy atom.